The maximum Gasteiger partial charge on any atom is 0.275 e. The topological polar surface area (TPSA) is 74.8 Å². The van der Waals surface area contributed by atoms with Crippen LogP contribution in [0.3, 0.4) is 0 Å². The lowest BCUT2D eigenvalue weighted by molar-refractivity contribution is -0.156. The molecule has 3 amide bonds. The van der Waals surface area contributed by atoms with Gasteiger partial charge < -0.3 is 0 Å². The SMILES string of the molecule is C[C@H](C(=O)c1ccccc1)N(C(=O)c1ccc(Cl)cc1Cl)N1C(=O)[C@H]2CCCC[C@H]2C1=O. The van der Waals surface area contributed by atoms with Gasteiger partial charge in [0.05, 0.1) is 22.4 Å². The molecule has 6 nitrogen and oxygen atoms in total. The van der Waals surface area contributed by atoms with Crippen molar-refractivity contribution in [3.05, 3.63) is 69.7 Å². The van der Waals surface area contributed by atoms with E-state index in [2.05, 4.69) is 0 Å². The Morgan fingerprint density at radius 3 is 2.12 bits per heavy atom. The van der Waals surface area contributed by atoms with E-state index in [0.717, 1.165) is 22.9 Å². The molecular formula is C24H22Cl2N2O4. The molecular weight excluding hydrogens is 451 g/mol. The number of benzene rings is 2. The first-order chi connectivity index (χ1) is 15.3. The Bertz CT molecular complexity index is 1060. The number of imide groups is 1. The Hall–Kier alpha value is -2.70. The molecule has 2 fully saturated rings. The van der Waals surface area contributed by atoms with Crippen molar-refractivity contribution in [2.45, 2.75) is 38.6 Å². The monoisotopic (exact) mass is 472 g/mol. The van der Waals surface area contributed by atoms with Gasteiger partial charge in [-0.3, -0.25) is 19.2 Å². The normalized spacial score (nSPS) is 21.3. The summed E-state index contributed by atoms with van der Waals surface area (Å²) in [5.41, 5.74) is 0.427. The molecule has 0 unspecified atom stereocenters. The number of ketones is 1. The zero-order valence-corrected chi connectivity index (χ0v) is 19.0. The van der Waals surface area contributed by atoms with Crippen molar-refractivity contribution < 1.29 is 19.2 Å². The average molecular weight is 473 g/mol. The number of hydrogen-bond acceptors (Lipinski definition) is 4. The quantitative estimate of drug-likeness (QED) is 0.462. The summed E-state index contributed by atoms with van der Waals surface area (Å²) in [6, 6.07) is 11.7. The fourth-order valence-electron chi connectivity index (χ4n) is 4.54. The van der Waals surface area contributed by atoms with E-state index in [1.807, 2.05) is 0 Å². The van der Waals surface area contributed by atoms with Crippen LogP contribution in [0.4, 0.5) is 0 Å². The molecule has 2 aliphatic rings. The Morgan fingerprint density at radius 1 is 0.969 bits per heavy atom. The summed E-state index contributed by atoms with van der Waals surface area (Å²) in [4.78, 5) is 53.4. The average Bonchev–Trinajstić information content (AvgIpc) is 3.04. The first-order valence-corrected chi connectivity index (χ1v) is 11.3. The third-order valence-electron chi connectivity index (χ3n) is 6.21. The summed E-state index contributed by atoms with van der Waals surface area (Å²) in [6.45, 7) is 1.51. The van der Waals surface area contributed by atoms with Gasteiger partial charge in [0.25, 0.3) is 17.7 Å². The van der Waals surface area contributed by atoms with E-state index in [1.54, 1.807) is 30.3 Å². The van der Waals surface area contributed by atoms with E-state index in [1.165, 1.54) is 25.1 Å². The highest BCUT2D eigenvalue weighted by atomic mass is 35.5. The standard InChI is InChI=1S/C24H22Cl2N2O4/c1-14(21(29)15-7-3-2-4-8-15)27(24(32)19-12-11-16(25)13-20(19)26)28-22(30)17-9-5-6-10-18(17)23(28)31/h2-4,7-8,11-14,17-18H,5-6,9-10H2,1H3/t14-,17-,18+/m1/s1. The highest BCUT2D eigenvalue weighted by molar-refractivity contribution is 6.36. The predicted molar refractivity (Wildman–Crippen MR) is 120 cm³/mol. The fourth-order valence-corrected chi connectivity index (χ4v) is 5.03. The number of Topliss-reactive ketones (excluding diaryl/α,β-unsaturated/α-hetero) is 1. The Morgan fingerprint density at radius 2 is 1.56 bits per heavy atom. The lowest BCUT2D eigenvalue weighted by atomic mass is 9.81. The van der Waals surface area contributed by atoms with Crippen LogP contribution < -0.4 is 0 Å². The molecule has 4 rings (SSSR count). The van der Waals surface area contributed by atoms with Crippen molar-refractivity contribution in [3.8, 4) is 0 Å². The van der Waals surface area contributed by atoms with Crippen LogP contribution in [-0.2, 0) is 9.59 Å². The molecule has 1 saturated carbocycles. The largest absolute Gasteiger partial charge is 0.292 e. The summed E-state index contributed by atoms with van der Waals surface area (Å²) in [5.74, 6) is -2.91. The molecule has 8 heteroatoms. The number of nitrogens with zero attached hydrogens (tertiary/aromatic N) is 2. The maximum absolute atomic E-state index is 13.6. The molecule has 166 valence electrons. The van der Waals surface area contributed by atoms with Gasteiger partial charge in [-0.15, -0.1) is 0 Å². The Labute approximate surface area is 196 Å². The van der Waals surface area contributed by atoms with Gasteiger partial charge in [0.15, 0.2) is 5.78 Å². The van der Waals surface area contributed by atoms with Gasteiger partial charge in [-0.25, -0.2) is 5.01 Å². The van der Waals surface area contributed by atoms with Crippen LogP contribution in [0.15, 0.2) is 48.5 Å². The minimum atomic E-state index is -1.11. The van der Waals surface area contributed by atoms with Crippen molar-refractivity contribution in [2.24, 2.45) is 11.8 Å². The minimum Gasteiger partial charge on any atom is -0.292 e. The molecule has 1 heterocycles. The third kappa shape index (κ3) is 3.93. The van der Waals surface area contributed by atoms with Crippen molar-refractivity contribution in [1.82, 2.24) is 10.0 Å². The van der Waals surface area contributed by atoms with Crippen LogP contribution in [0.5, 0.6) is 0 Å². The molecule has 1 saturated heterocycles. The number of hydrazine groups is 1. The van der Waals surface area contributed by atoms with E-state index in [0.29, 0.717) is 23.4 Å². The van der Waals surface area contributed by atoms with E-state index >= 15 is 0 Å². The number of carbonyl (C=O) groups is 4. The number of halogens is 2. The molecule has 2 aromatic carbocycles. The molecule has 0 bridgehead atoms. The summed E-state index contributed by atoms with van der Waals surface area (Å²) >= 11 is 12.2. The van der Waals surface area contributed by atoms with E-state index in [-0.39, 0.29) is 16.4 Å². The van der Waals surface area contributed by atoms with Gasteiger partial charge in [0.1, 0.15) is 6.04 Å². The second-order valence-electron chi connectivity index (χ2n) is 8.17. The van der Waals surface area contributed by atoms with Gasteiger partial charge in [-0.1, -0.05) is 66.4 Å². The molecule has 3 atom stereocenters. The van der Waals surface area contributed by atoms with Gasteiger partial charge in [-0.05, 0) is 38.0 Å². The summed E-state index contributed by atoms with van der Waals surface area (Å²) in [7, 11) is 0. The highest BCUT2D eigenvalue weighted by Crippen LogP contribution is 2.40. The third-order valence-corrected chi connectivity index (χ3v) is 6.76. The lowest BCUT2D eigenvalue weighted by Gasteiger charge is -2.35. The van der Waals surface area contributed by atoms with Crippen LogP contribution in [0, 0.1) is 11.8 Å². The van der Waals surface area contributed by atoms with E-state index in [9.17, 15) is 19.2 Å². The molecule has 1 aliphatic heterocycles. The smallest absolute Gasteiger partial charge is 0.275 e. The summed E-state index contributed by atoms with van der Waals surface area (Å²) in [6.07, 6.45) is 2.89. The van der Waals surface area contributed by atoms with Crippen molar-refractivity contribution in [2.75, 3.05) is 0 Å². The van der Waals surface area contributed by atoms with E-state index < -0.39 is 35.6 Å². The van der Waals surface area contributed by atoms with Crippen molar-refractivity contribution in [1.29, 1.82) is 0 Å². The van der Waals surface area contributed by atoms with Crippen LogP contribution in [-0.4, -0.2) is 39.6 Å². The number of rotatable bonds is 5. The second kappa shape index (κ2) is 9.04. The summed E-state index contributed by atoms with van der Waals surface area (Å²) in [5, 5.41) is 2.28. The minimum absolute atomic E-state index is 0.0549. The predicted octanol–water partition coefficient (Wildman–Crippen LogP) is 4.80. The Kier molecular flexibility index (Phi) is 6.35. The number of amides is 3. The van der Waals surface area contributed by atoms with Crippen LogP contribution >= 0.6 is 23.2 Å². The molecule has 0 N–H and O–H groups in total. The molecule has 1 aliphatic carbocycles. The first kappa shape index (κ1) is 22.5. The zero-order valence-electron chi connectivity index (χ0n) is 17.5. The zero-order chi connectivity index (χ0) is 23.0. The van der Waals surface area contributed by atoms with Gasteiger partial charge in [0.2, 0.25) is 0 Å². The molecule has 2 aromatic rings. The molecule has 0 radical (unpaired) electrons. The maximum atomic E-state index is 13.6. The molecule has 0 aromatic heterocycles. The summed E-state index contributed by atoms with van der Waals surface area (Å²) < 4.78 is 0. The van der Waals surface area contributed by atoms with Crippen molar-refractivity contribution >= 4 is 46.7 Å². The van der Waals surface area contributed by atoms with Gasteiger partial charge >= 0.3 is 0 Å². The number of hydrogen-bond donors (Lipinski definition) is 0. The van der Waals surface area contributed by atoms with Crippen molar-refractivity contribution in [3.63, 3.8) is 0 Å². The number of fused-ring (bicyclic) bond motifs is 1. The molecule has 32 heavy (non-hydrogen) atoms. The van der Waals surface area contributed by atoms with Crippen LogP contribution in [0.25, 0.3) is 0 Å². The van der Waals surface area contributed by atoms with Gasteiger partial charge in [0, 0.05) is 10.6 Å². The first-order valence-electron chi connectivity index (χ1n) is 10.6. The number of carbonyl (C=O) groups excluding carboxylic acids is 4. The highest BCUT2D eigenvalue weighted by Gasteiger charge is 2.53. The van der Waals surface area contributed by atoms with Gasteiger partial charge in [-0.2, -0.15) is 5.01 Å². The van der Waals surface area contributed by atoms with Crippen LogP contribution in [0.2, 0.25) is 10.0 Å². The molecule has 0 spiro atoms. The fraction of sp³-hybridized carbons (Fsp3) is 0.333. The van der Waals surface area contributed by atoms with Crippen LogP contribution in [0.1, 0.15) is 53.3 Å². The van der Waals surface area contributed by atoms with E-state index in [4.69, 9.17) is 23.2 Å². The lowest BCUT2D eigenvalue weighted by Crippen LogP contribution is -2.56. The Balaban J connectivity index is 1.77. The second-order valence-corrected chi connectivity index (χ2v) is 9.01.